The number of nitriles is 1. The molecule has 1 N–H and O–H groups in total. The number of rotatable bonds is 4. The molecule has 1 aliphatic heterocycles. The fraction of sp³-hybridized carbons (Fsp3) is 0.333. The number of ether oxygens (including phenoxy) is 1. The molecule has 0 bridgehead atoms. The predicted octanol–water partition coefficient (Wildman–Crippen LogP) is 4.32. The highest BCUT2D eigenvalue weighted by atomic mass is 19.1. The Morgan fingerprint density at radius 2 is 2.11 bits per heavy atom. The monoisotopic (exact) mass is 367 g/mol. The molecule has 0 aromatic heterocycles. The number of hydrogen-bond donors (Lipinski definition) is 1. The first kappa shape index (κ1) is 18.7. The number of nitrogens with zero attached hydrogens (tertiary/aromatic N) is 2. The van der Waals surface area contributed by atoms with Crippen LogP contribution < -0.4 is 5.32 Å². The number of likely N-dealkylation sites (tertiary alicyclic amines) is 1. The minimum atomic E-state index is -0.844. The summed E-state index contributed by atoms with van der Waals surface area (Å²) in [4.78, 5) is 14.1. The van der Waals surface area contributed by atoms with Crippen LogP contribution in [0, 0.1) is 17.1 Å². The van der Waals surface area contributed by atoms with Crippen molar-refractivity contribution in [3.63, 3.8) is 0 Å². The Bertz CT molecular complexity index is 837. The van der Waals surface area contributed by atoms with Crippen LogP contribution in [-0.2, 0) is 11.3 Å². The van der Waals surface area contributed by atoms with Gasteiger partial charge < -0.3 is 15.0 Å². The summed E-state index contributed by atoms with van der Waals surface area (Å²) in [6.07, 6.45) is 0.481. The molecule has 1 fully saturated rings. The van der Waals surface area contributed by atoms with Gasteiger partial charge in [-0.3, -0.25) is 0 Å². The van der Waals surface area contributed by atoms with E-state index in [-0.39, 0.29) is 24.6 Å². The maximum Gasteiger partial charge on any atom is 0.410 e. The average Bonchev–Trinajstić information content (AvgIpc) is 2.67. The minimum Gasteiger partial charge on any atom is -0.445 e. The second-order valence-electron chi connectivity index (χ2n) is 6.87. The van der Waals surface area contributed by atoms with Crippen molar-refractivity contribution in [3.05, 3.63) is 66.0 Å². The first-order valence-electron chi connectivity index (χ1n) is 8.94. The van der Waals surface area contributed by atoms with E-state index in [4.69, 9.17) is 4.74 Å². The quantitative estimate of drug-likeness (QED) is 0.874. The zero-order chi connectivity index (χ0) is 19.3. The molecule has 3 rings (SSSR count). The van der Waals surface area contributed by atoms with Crippen molar-refractivity contribution < 1.29 is 13.9 Å². The molecule has 0 unspecified atom stereocenters. The van der Waals surface area contributed by atoms with Gasteiger partial charge in [0, 0.05) is 31.1 Å². The van der Waals surface area contributed by atoms with Crippen molar-refractivity contribution in [2.24, 2.45) is 0 Å². The van der Waals surface area contributed by atoms with Gasteiger partial charge >= 0.3 is 6.09 Å². The van der Waals surface area contributed by atoms with Crippen LogP contribution in [-0.4, -0.2) is 29.1 Å². The van der Waals surface area contributed by atoms with Crippen LogP contribution >= 0.6 is 0 Å². The Hall–Kier alpha value is -3.07. The molecule has 2 atom stereocenters. The van der Waals surface area contributed by atoms with Gasteiger partial charge in [0.05, 0.1) is 6.07 Å². The fourth-order valence-electron chi connectivity index (χ4n) is 3.41. The summed E-state index contributed by atoms with van der Waals surface area (Å²) in [6, 6.07) is 17.7. The van der Waals surface area contributed by atoms with E-state index in [0.717, 1.165) is 5.56 Å². The van der Waals surface area contributed by atoms with Crippen LogP contribution in [0.3, 0.4) is 0 Å². The number of piperidine rings is 1. The van der Waals surface area contributed by atoms with Crippen molar-refractivity contribution in [3.8, 4) is 6.07 Å². The summed E-state index contributed by atoms with van der Waals surface area (Å²) >= 11 is 0. The van der Waals surface area contributed by atoms with Crippen molar-refractivity contribution in [1.29, 1.82) is 5.26 Å². The lowest BCUT2D eigenvalue weighted by molar-refractivity contribution is 0.0651. The summed E-state index contributed by atoms with van der Waals surface area (Å²) in [7, 11) is 0. The molecule has 1 heterocycles. The zero-order valence-electron chi connectivity index (χ0n) is 15.2. The van der Waals surface area contributed by atoms with Crippen LogP contribution in [0.1, 0.15) is 25.3 Å². The van der Waals surface area contributed by atoms with E-state index in [2.05, 4.69) is 11.4 Å². The Morgan fingerprint density at radius 3 is 2.78 bits per heavy atom. The molecule has 2 aromatic rings. The molecule has 0 spiro atoms. The highest BCUT2D eigenvalue weighted by Crippen LogP contribution is 2.31. The van der Waals surface area contributed by atoms with Gasteiger partial charge in [0.25, 0.3) is 0 Å². The number of carbonyl (C=O) groups excluding carboxylic acids is 1. The first-order valence-corrected chi connectivity index (χ1v) is 8.94. The van der Waals surface area contributed by atoms with E-state index in [1.807, 2.05) is 37.3 Å². The zero-order valence-corrected chi connectivity index (χ0v) is 15.2. The molecule has 140 valence electrons. The molecule has 1 amide bonds. The van der Waals surface area contributed by atoms with Gasteiger partial charge in [0.1, 0.15) is 18.0 Å². The second kappa shape index (κ2) is 8.09. The summed E-state index contributed by atoms with van der Waals surface area (Å²) < 4.78 is 18.8. The van der Waals surface area contributed by atoms with Crippen LogP contribution in [0.2, 0.25) is 0 Å². The third kappa shape index (κ3) is 4.56. The number of hydrogen-bond acceptors (Lipinski definition) is 4. The Balaban J connectivity index is 1.61. The first-order chi connectivity index (χ1) is 13.0. The van der Waals surface area contributed by atoms with Crippen LogP contribution in [0.25, 0.3) is 0 Å². The van der Waals surface area contributed by atoms with E-state index < -0.39 is 5.54 Å². The lowest BCUT2D eigenvalue weighted by Gasteiger charge is -2.42. The van der Waals surface area contributed by atoms with Gasteiger partial charge in [-0.2, -0.15) is 5.26 Å². The van der Waals surface area contributed by atoms with E-state index in [1.165, 1.54) is 12.1 Å². The molecule has 0 saturated carbocycles. The minimum absolute atomic E-state index is 0.178. The third-order valence-electron chi connectivity index (χ3n) is 4.82. The van der Waals surface area contributed by atoms with Gasteiger partial charge in [0.15, 0.2) is 0 Å². The number of amides is 1. The highest BCUT2D eigenvalue weighted by Gasteiger charge is 2.40. The van der Waals surface area contributed by atoms with Crippen LogP contribution in [0.5, 0.6) is 0 Å². The van der Waals surface area contributed by atoms with E-state index >= 15 is 0 Å². The maximum atomic E-state index is 13.4. The molecule has 6 heteroatoms. The predicted molar refractivity (Wildman–Crippen MR) is 100 cm³/mol. The largest absolute Gasteiger partial charge is 0.445 e. The lowest BCUT2D eigenvalue weighted by atomic mass is 9.84. The maximum absolute atomic E-state index is 13.4. The summed E-state index contributed by atoms with van der Waals surface area (Å²) in [6.45, 7) is 2.50. The third-order valence-corrected chi connectivity index (χ3v) is 4.82. The molecular weight excluding hydrogens is 345 g/mol. The second-order valence-corrected chi connectivity index (χ2v) is 6.87. The highest BCUT2D eigenvalue weighted by molar-refractivity contribution is 5.68. The number of anilines is 1. The van der Waals surface area contributed by atoms with Crippen molar-refractivity contribution >= 4 is 11.8 Å². The topological polar surface area (TPSA) is 65.4 Å². The Labute approximate surface area is 158 Å². The normalized spacial score (nSPS) is 22.0. The molecule has 27 heavy (non-hydrogen) atoms. The molecule has 1 aliphatic rings. The summed E-state index contributed by atoms with van der Waals surface area (Å²) in [5.74, 6) is -0.358. The van der Waals surface area contributed by atoms with Gasteiger partial charge in [-0.1, -0.05) is 36.4 Å². The van der Waals surface area contributed by atoms with Crippen LogP contribution in [0.15, 0.2) is 54.6 Å². The Morgan fingerprint density at radius 1 is 1.33 bits per heavy atom. The molecule has 0 radical (unpaired) electrons. The molecular formula is C21H22FN3O2. The lowest BCUT2D eigenvalue weighted by Crippen LogP contribution is -2.54. The van der Waals surface area contributed by atoms with Gasteiger partial charge in [-0.25, -0.2) is 9.18 Å². The standard InChI is InChI=1S/C21H22FN3O2/c1-16-13-21(15-23,24-19-9-5-8-18(22)12-19)10-11-25(16)20(26)27-14-17-6-3-2-4-7-17/h2-9,12,16,24H,10-11,13-14H2,1H3/t16-,21-/m1/s1. The number of benzene rings is 2. The number of halogens is 1. The average molecular weight is 367 g/mol. The molecule has 2 aromatic carbocycles. The number of nitrogens with one attached hydrogen (secondary N) is 1. The SMILES string of the molecule is C[C@@H]1C[C@](C#N)(Nc2cccc(F)c2)CCN1C(=O)OCc1ccccc1. The smallest absolute Gasteiger partial charge is 0.410 e. The van der Waals surface area contributed by atoms with Gasteiger partial charge in [-0.15, -0.1) is 0 Å². The fourth-order valence-corrected chi connectivity index (χ4v) is 3.41. The van der Waals surface area contributed by atoms with Crippen molar-refractivity contribution in [2.75, 3.05) is 11.9 Å². The summed E-state index contributed by atoms with van der Waals surface area (Å²) in [5, 5.41) is 12.9. The van der Waals surface area contributed by atoms with Crippen LogP contribution in [0.4, 0.5) is 14.9 Å². The molecule has 1 saturated heterocycles. The van der Waals surface area contributed by atoms with Gasteiger partial charge in [-0.05, 0) is 30.7 Å². The van der Waals surface area contributed by atoms with E-state index in [9.17, 15) is 14.4 Å². The molecule has 5 nitrogen and oxygen atoms in total. The Kier molecular flexibility index (Phi) is 5.60. The number of carbonyl (C=O) groups is 1. The summed E-state index contributed by atoms with van der Waals surface area (Å²) in [5.41, 5.74) is 0.641. The van der Waals surface area contributed by atoms with E-state index in [1.54, 1.807) is 17.0 Å². The molecule has 0 aliphatic carbocycles. The van der Waals surface area contributed by atoms with Gasteiger partial charge in [0.2, 0.25) is 0 Å². The van der Waals surface area contributed by atoms with Crippen molar-refractivity contribution in [1.82, 2.24) is 4.90 Å². The van der Waals surface area contributed by atoms with Crippen molar-refractivity contribution in [2.45, 2.75) is 38.0 Å². The van der Waals surface area contributed by atoms with E-state index in [0.29, 0.717) is 25.1 Å².